The summed E-state index contributed by atoms with van der Waals surface area (Å²) in [6.45, 7) is 10.8. The molecule has 7 atom stereocenters. The molecule has 7 aliphatic rings. The lowest BCUT2D eigenvalue weighted by Gasteiger charge is -2.75. The van der Waals surface area contributed by atoms with Gasteiger partial charge in [0.15, 0.2) is 11.5 Å². The van der Waals surface area contributed by atoms with Crippen LogP contribution in [0.5, 0.6) is 11.5 Å². The molecule has 194 valence electrons. The second kappa shape index (κ2) is 7.09. The van der Waals surface area contributed by atoms with Crippen LogP contribution in [0.1, 0.15) is 77.3 Å². The van der Waals surface area contributed by atoms with Gasteiger partial charge < -0.3 is 19.7 Å². The fraction of sp³-hybridized carbons (Fsp3) is 0.793. The van der Waals surface area contributed by atoms with Gasteiger partial charge in [0.05, 0.1) is 5.60 Å². The van der Waals surface area contributed by atoms with Crippen molar-refractivity contribution in [3.63, 3.8) is 0 Å². The predicted octanol–water partition coefficient (Wildman–Crippen LogP) is 4.84. The average molecular weight is 504 g/mol. The molecule has 4 bridgehead atoms. The normalized spacial score (nSPS) is 42.6. The smallest absolute Gasteiger partial charge is 0.165 e. The van der Waals surface area contributed by atoms with Gasteiger partial charge in [0.25, 0.3) is 0 Å². The number of rotatable bonds is 4. The fourth-order valence-electron chi connectivity index (χ4n) is 9.58. The number of hydrogen-bond acceptors (Lipinski definition) is 5. The number of likely N-dealkylation sites (tertiary alicyclic amines) is 1. The molecule has 1 unspecified atom stereocenters. The molecular formula is C29H42ClNO4. The SMILES string of the molecule is CO[C@]12CC[C@@]3(C[C@H]1C(C)(O)C(C)(C)C)[C@H]1Cc4ccc(O)c5c4[C@@]3(CCN1CC1CC1)[C@H]2O5.Cl. The molecule has 2 aliphatic heterocycles. The van der Waals surface area contributed by atoms with Gasteiger partial charge in [-0.2, -0.15) is 0 Å². The lowest BCUT2D eigenvalue weighted by atomic mass is 9.33. The van der Waals surface area contributed by atoms with Crippen LogP contribution in [-0.4, -0.2) is 58.7 Å². The molecule has 2 spiro atoms. The fourth-order valence-corrected chi connectivity index (χ4v) is 9.58. The maximum absolute atomic E-state index is 12.2. The first-order chi connectivity index (χ1) is 16.0. The Kier molecular flexibility index (Phi) is 4.93. The van der Waals surface area contributed by atoms with Gasteiger partial charge in [-0.15, -0.1) is 12.4 Å². The Morgan fingerprint density at radius 1 is 1.14 bits per heavy atom. The van der Waals surface area contributed by atoms with E-state index in [0.717, 1.165) is 44.6 Å². The van der Waals surface area contributed by atoms with Crippen LogP contribution in [-0.2, 0) is 16.6 Å². The third-order valence-corrected chi connectivity index (χ3v) is 11.9. The van der Waals surface area contributed by atoms with E-state index in [4.69, 9.17) is 9.47 Å². The van der Waals surface area contributed by atoms with Crippen LogP contribution in [0.25, 0.3) is 0 Å². The Morgan fingerprint density at radius 2 is 1.89 bits per heavy atom. The topological polar surface area (TPSA) is 62.2 Å². The van der Waals surface area contributed by atoms with Crippen LogP contribution in [0.4, 0.5) is 0 Å². The highest BCUT2D eigenvalue weighted by molar-refractivity contribution is 5.85. The van der Waals surface area contributed by atoms with Crippen LogP contribution in [0.15, 0.2) is 12.1 Å². The highest BCUT2D eigenvalue weighted by atomic mass is 35.5. The Morgan fingerprint density at radius 3 is 2.54 bits per heavy atom. The highest BCUT2D eigenvalue weighted by Gasteiger charge is 2.82. The van der Waals surface area contributed by atoms with Gasteiger partial charge >= 0.3 is 0 Å². The Labute approximate surface area is 216 Å². The van der Waals surface area contributed by atoms with Gasteiger partial charge in [0.1, 0.15) is 11.7 Å². The van der Waals surface area contributed by atoms with Gasteiger partial charge in [-0.05, 0) is 81.4 Å². The molecule has 5 nitrogen and oxygen atoms in total. The van der Waals surface area contributed by atoms with Crippen LogP contribution < -0.4 is 4.74 Å². The molecule has 1 aromatic carbocycles. The third kappa shape index (κ3) is 2.62. The summed E-state index contributed by atoms with van der Waals surface area (Å²) in [6, 6.07) is 4.46. The molecule has 8 rings (SSSR count). The number of aromatic hydroxyl groups is 1. The third-order valence-electron chi connectivity index (χ3n) is 11.9. The molecule has 1 aromatic rings. The summed E-state index contributed by atoms with van der Waals surface area (Å²) in [6.07, 6.45) is 7.64. The molecular weight excluding hydrogens is 462 g/mol. The second-order valence-electron chi connectivity index (χ2n) is 13.8. The predicted molar refractivity (Wildman–Crippen MR) is 137 cm³/mol. The minimum absolute atomic E-state index is 0. The minimum Gasteiger partial charge on any atom is -0.504 e. The van der Waals surface area contributed by atoms with E-state index >= 15 is 0 Å². The minimum atomic E-state index is -0.909. The first-order valence-corrected chi connectivity index (χ1v) is 13.6. The van der Waals surface area contributed by atoms with E-state index in [2.05, 4.69) is 31.7 Å². The van der Waals surface area contributed by atoms with Crippen molar-refractivity contribution in [3.05, 3.63) is 23.3 Å². The van der Waals surface area contributed by atoms with Crippen LogP contribution in [0.2, 0.25) is 0 Å². The number of ether oxygens (including phenoxy) is 2. The van der Waals surface area contributed by atoms with E-state index in [9.17, 15) is 10.2 Å². The average Bonchev–Trinajstić information content (AvgIpc) is 3.53. The first kappa shape index (κ1) is 24.3. The van der Waals surface area contributed by atoms with E-state index in [1.165, 1.54) is 30.5 Å². The van der Waals surface area contributed by atoms with Gasteiger partial charge in [-0.1, -0.05) is 26.8 Å². The van der Waals surface area contributed by atoms with Crippen molar-refractivity contribution in [2.75, 3.05) is 20.2 Å². The number of hydrogen-bond donors (Lipinski definition) is 2. The summed E-state index contributed by atoms with van der Waals surface area (Å²) < 4.78 is 13.5. The molecule has 0 radical (unpaired) electrons. The molecule has 2 N–H and O–H groups in total. The summed E-state index contributed by atoms with van der Waals surface area (Å²) in [7, 11) is 1.83. The maximum atomic E-state index is 12.2. The maximum Gasteiger partial charge on any atom is 0.165 e. The standard InChI is InChI=1S/C29H41NO4.ClH/c1-25(2,3)26(4,32)20-15-27-10-11-29(20,33-5)24-28(27)12-13-30(16-17-6-7-17)21(27)14-18-8-9-19(31)23(34-24)22(18)28;/h8-9,17,20-21,24,31-32H,6-7,10-16H2,1-5H3;1H/t20-,21+,24+,26?,27+,28-,29+;/m0./s1. The zero-order valence-electron chi connectivity index (χ0n) is 21.9. The van der Waals surface area contributed by atoms with Crippen LogP contribution in [0.3, 0.4) is 0 Å². The number of piperidine rings is 1. The highest BCUT2D eigenvalue weighted by Crippen LogP contribution is 2.78. The van der Waals surface area contributed by atoms with Gasteiger partial charge in [0, 0.05) is 42.0 Å². The van der Waals surface area contributed by atoms with E-state index in [-0.39, 0.29) is 46.4 Å². The number of benzene rings is 1. The number of nitrogens with zero attached hydrogens (tertiary/aromatic N) is 1. The molecule has 6 heteroatoms. The summed E-state index contributed by atoms with van der Waals surface area (Å²) in [5.74, 6) is 1.80. The second-order valence-corrected chi connectivity index (χ2v) is 13.8. The molecule has 2 heterocycles. The molecule has 5 fully saturated rings. The Hall–Kier alpha value is -1.01. The van der Waals surface area contributed by atoms with Gasteiger partial charge in [-0.3, -0.25) is 4.90 Å². The van der Waals surface area contributed by atoms with Crippen LogP contribution in [0, 0.1) is 22.7 Å². The van der Waals surface area contributed by atoms with Crippen molar-refractivity contribution in [2.24, 2.45) is 22.7 Å². The van der Waals surface area contributed by atoms with E-state index < -0.39 is 11.2 Å². The molecule has 1 saturated heterocycles. The lowest BCUT2D eigenvalue weighted by molar-refractivity contribution is -0.312. The number of fused-ring (bicyclic) bond motifs is 2. The van der Waals surface area contributed by atoms with Crippen molar-refractivity contribution < 1.29 is 19.7 Å². The molecule has 0 aromatic heterocycles. The van der Waals surface area contributed by atoms with Crippen molar-refractivity contribution in [1.82, 2.24) is 4.90 Å². The van der Waals surface area contributed by atoms with E-state index in [0.29, 0.717) is 11.8 Å². The number of methoxy groups -OCH3 is 1. The zero-order valence-corrected chi connectivity index (χ0v) is 22.7. The Bertz CT molecular complexity index is 1060. The van der Waals surface area contributed by atoms with Crippen LogP contribution >= 0.6 is 12.4 Å². The number of aliphatic hydroxyl groups is 1. The van der Waals surface area contributed by atoms with Crippen molar-refractivity contribution in [1.29, 1.82) is 0 Å². The largest absolute Gasteiger partial charge is 0.504 e. The first-order valence-electron chi connectivity index (χ1n) is 13.6. The lowest BCUT2D eigenvalue weighted by Crippen LogP contribution is -2.83. The number of phenolic OH excluding ortho intramolecular Hbond substituents is 1. The number of phenols is 1. The van der Waals surface area contributed by atoms with E-state index in [1.807, 2.05) is 20.1 Å². The Balaban J connectivity index is 0.00000229. The molecule has 35 heavy (non-hydrogen) atoms. The van der Waals surface area contributed by atoms with E-state index in [1.54, 1.807) is 0 Å². The summed E-state index contributed by atoms with van der Waals surface area (Å²) in [5.41, 5.74) is 0.783. The van der Waals surface area contributed by atoms with Gasteiger partial charge in [0.2, 0.25) is 0 Å². The van der Waals surface area contributed by atoms with Crippen molar-refractivity contribution in [3.8, 4) is 11.5 Å². The quantitative estimate of drug-likeness (QED) is 0.616. The molecule has 0 amide bonds. The summed E-state index contributed by atoms with van der Waals surface area (Å²) >= 11 is 0. The zero-order chi connectivity index (χ0) is 23.9. The van der Waals surface area contributed by atoms with Crippen molar-refractivity contribution >= 4 is 12.4 Å². The van der Waals surface area contributed by atoms with Crippen molar-refractivity contribution in [2.45, 2.75) is 101 Å². The molecule has 4 saturated carbocycles. The van der Waals surface area contributed by atoms with Gasteiger partial charge in [-0.25, -0.2) is 0 Å². The number of halogens is 1. The molecule has 5 aliphatic carbocycles. The summed E-state index contributed by atoms with van der Waals surface area (Å²) in [5, 5.41) is 23.2. The summed E-state index contributed by atoms with van der Waals surface area (Å²) in [4.78, 5) is 2.82. The monoisotopic (exact) mass is 503 g/mol.